The lowest BCUT2D eigenvalue weighted by molar-refractivity contribution is -0.0282. The zero-order valence-electron chi connectivity index (χ0n) is 18.0. The van der Waals surface area contributed by atoms with E-state index >= 15 is 0 Å². The number of ether oxygens (including phenoxy) is 2. The van der Waals surface area contributed by atoms with Crippen molar-refractivity contribution < 1.29 is 9.47 Å². The average Bonchev–Trinajstić information content (AvgIpc) is 3.33. The molecule has 32 heavy (non-hydrogen) atoms. The molecule has 7 heteroatoms. The SMILES string of the molecule is c1ccc(C(OC2CCN(CCOc3ccc4nncn4n3)CC2)c2ccccc2)cc1. The highest BCUT2D eigenvalue weighted by molar-refractivity contribution is 5.35. The summed E-state index contributed by atoms with van der Waals surface area (Å²) < 4.78 is 14.1. The molecule has 2 aromatic heterocycles. The average molecular weight is 430 g/mol. The van der Waals surface area contributed by atoms with Crippen molar-refractivity contribution >= 4 is 5.65 Å². The van der Waals surface area contributed by atoms with Gasteiger partial charge in [0.25, 0.3) is 0 Å². The first-order chi connectivity index (χ1) is 15.8. The van der Waals surface area contributed by atoms with E-state index in [0.29, 0.717) is 18.1 Å². The number of rotatable bonds is 8. The van der Waals surface area contributed by atoms with Gasteiger partial charge in [0.15, 0.2) is 5.65 Å². The molecule has 0 amide bonds. The normalized spacial score (nSPS) is 15.4. The van der Waals surface area contributed by atoms with Gasteiger partial charge in [-0.25, -0.2) is 0 Å². The predicted octanol–water partition coefficient (Wildman–Crippen LogP) is 3.77. The number of aromatic nitrogens is 4. The molecule has 1 aliphatic heterocycles. The molecule has 0 saturated carbocycles. The largest absolute Gasteiger partial charge is 0.475 e. The van der Waals surface area contributed by atoms with E-state index in [-0.39, 0.29) is 12.2 Å². The highest BCUT2D eigenvalue weighted by Gasteiger charge is 2.24. The van der Waals surface area contributed by atoms with Crippen LogP contribution in [0.15, 0.2) is 79.1 Å². The van der Waals surface area contributed by atoms with Gasteiger partial charge < -0.3 is 9.47 Å². The van der Waals surface area contributed by atoms with Gasteiger partial charge in [0.05, 0.1) is 6.10 Å². The van der Waals surface area contributed by atoms with Crippen molar-refractivity contribution in [1.29, 1.82) is 0 Å². The van der Waals surface area contributed by atoms with Crippen molar-refractivity contribution in [2.24, 2.45) is 0 Å². The standard InChI is InChI=1S/C25H27N5O2/c1-3-7-20(8-4-1)25(21-9-5-2-6-10-21)32-22-13-15-29(16-14-22)17-18-31-24-12-11-23-27-26-19-30(23)28-24/h1-12,19,22,25H,13-18H2. The summed E-state index contributed by atoms with van der Waals surface area (Å²) in [6.45, 7) is 3.47. The molecular weight excluding hydrogens is 402 g/mol. The topological polar surface area (TPSA) is 64.8 Å². The Bertz CT molecular complexity index is 1070. The van der Waals surface area contributed by atoms with Crippen LogP contribution < -0.4 is 4.74 Å². The summed E-state index contributed by atoms with van der Waals surface area (Å²) in [4.78, 5) is 2.43. The lowest BCUT2D eigenvalue weighted by Gasteiger charge is -2.34. The van der Waals surface area contributed by atoms with Gasteiger partial charge in [0, 0.05) is 25.7 Å². The molecule has 0 atom stereocenters. The van der Waals surface area contributed by atoms with Crippen molar-refractivity contribution in [3.8, 4) is 5.88 Å². The lowest BCUT2D eigenvalue weighted by atomic mass is 10.00. The zero-order valence-corrected chi connectivity index (χ0v) is 18.0. The molecule has 7 nitrogen and oxygen atoms in total. The summed E-state index contributed by atoms with van der Waals surface area (Å²) in [7, 11) is 0. The van der Waals surface area contributed by atoms with Crippen molar-refractivity contribution in [3.05, 3.63) is 90.3 Å². The zero-order chi connectivity index (χ0) is 21.6. The van der Waals surface area contributed by atoms with Gasteiger partial charge in [-0.2, -0.15) is 4.52 Å². The predicted molar refractivity (Wildman–Crippen MR) is 122 cm³/mol. The molecule has 1 aliphatic rings. The molecule has 1 saturated heterocycles. The fourth-order valence-corrected chi connectivity index (χ4v) is 4.13. The summed E-state index contributed by atoms with van der Waals surface area (Å²) >= 11 is 0. The Morgan fingerprint density at radius 3 is 2.25 bits per heavy atom. The van der Waals surface area contributed by atoms with Crippen LogP contribution in [-0.4, -0.2) is 57.1 Å². The van der Waals surface area contributed by atoms with E-state index in [1.165, 1.54) is 11.1 Å². The maximum atomic E-state index is 6.64. The van der Waals surface area contributed by atoms with Crippen molar-refractivity contribution in [1.82, 2.24) is 24.7 Å². The first-order valence-electron chi connectivity index (χ1n) is 11.1. The smallest absolute Gasteiger partial charge is 0.231 e. The molecule has 164 valence electrons. The molecule has 4 aromatic rings. The number of hydrogen-bond donors (Lipinski definition) is 0. The van der Waals surface area contributed by atoms with Crippen LogP contribution in [0, 0.1) is 0 Å². The molecule has 3 heterocycles. The van der Waals surface area contributed by atoms with Crippen LogP contribution >= 0.6 is 0 Å². The third-order valence-corrected chi connectivity index (χ3v) is 5.86. The van der Waals surface area contributed by atoms with Gasteiger partial charge in [-0.05, 0) is 30.0 Å². The quantitative estimate of drug-likeness (QED) is 0.425. The van der Waals surface area contributed by atoms with Gasteiger partial charge in [-0.1, -0.05) is 60.7 Å². The van der Waals surface area contributed by atoms with Gasteiger partial charge in [-0.15, -0.1) is 15.3 Å². The maximum absolute atomic E-state index is 6.64. The van der Waals surface area contributed by atoms with Crippen LogP contribution in [0.1, 0.15) is 30.1 Å². The Kier molecular flexibility index (Phi) is 6.37. The monoisotopic (exact) mass is 429 g/mol. The maximum Gasteiger partial charge on any atom is 0.231 e. The molecule has 0 bridgehead atoms. The summed E-state index contributed by atoms with van der Waals surface area (Å²) in [5.41, 5.74) is 3.11. The lowest BCUT2D eigenvalue weighted by Crippen LogP contribution is -2.39. The van der Waals surface area contributed by atoms with Gasteiger partial charge >= 0.3 is 0 Å². The van der Waals surface area contributed by atoms with E-state index in [1.807, 2.05) is 24.3 Å². The minimum atomic E-state index is -0.0315. The molecule has 0 radical (unpaired) electrons. The van der Waals surface area contributed by atoms with E-state index in [4.69, 9.17) is 9.47 Å². The van der Waals surface area contributed by atoms with Crippen molar-refractivity contribution in [3.63, 3.8) is 0 Å². The first kappa shape index (κ1) is 20.6. The summed E-state index contributed by atoms with van der Waals surface area (Å²) in [5, 5.41) is 12.1. The van der Waals surface area contributed by atoms with Gasteiger partial charge in [0.1, 0.15) is 19.0 Å². The Morgan fingerprint density at radius 1 is 0.875 bits per heavy atom. The molecule has 2 aromatic carbocycles. The summed E-state index contributed by atoms with van der Waals surface area (Å²) in [6, 6.07) is 24.7. The van der Waals surface area contributed by atoms with Crippen molar-refractivity contribution in [2.45, 2.75) is 25.0 Å². The number of hydrogen-bond acceptors (Lipinski definition) is 6. The fourth-order valence-electron chi connectivity index (χ4n) is 4.13. The van der Waals surface area contributed by atoms with E-state index < -0.39 is 0 Å². The van der Waals surface area contributed by atoms with Crippen molar-refractivity contribution in [2.75, 3.05) is 26.2 Å². The first-order valence-corrected chi connectivity index (χ1v) is 11.1. The Hall–Kier alpha value is -3.29. The van der Waals surface area contributed by atoms with Crippen LogP contribution in [0.5, 0.6) is 5.88 Å². The van der Waals surface area contributed by atoms with Crippen LogP contribution in [0.2, 0.25) is 0 Å². The van der Waals surface area contributed by atoms with Crippen LogP contribution in [-0.2, 0) is 4.74 Å². The fraction of sp³-hybridized carbons (Fsp3) is 0.320. The Labute approximate surface area is 187 Å². The molecule has 0 spiro atoms. The number of nitrogens with zero attached hydrogens (tertiary/aromatic N) is 5. The van der Waals surface area contributed by atoms with Crippen LogP contribution in [0.4, 0.5) is 0 Å². The molecule has 5 rings (SSSR count). The third-order valence-electron chi connectivity index (χ3n) is 5.86. The number of likely N-dealkylation sites (tertiary alicyclic amines) is 1. The Morgan fingerprint density at radius 2 is 1.56 bits per heavy atom. The molecular formula is C25H27N5O2. The van der Waals surface area contributed by atoms with E-state index in [2.05, 4.69) is 68.7 Å². The summed E-state index contributed by atoms with van der Waals surface area (Å²) in [6.07, 6.45) is 3.82. The summed E-state index contributed by atoms with van der Waals surface area (Å²) in [5.74, 6) is 0.587. The minimum Gasteiger partial charge on any atom is -0.475 e. The second-order valence-corrected chi connectivity index (χ2v) is 8.03. The highest BCUT2D eigenvalue weighted by Crippen LogP contribution is 2.29. The second kappa shape index (κ2) is 9.89. The van der Waals surface area contributed by atoms with E-state index in [0.717, 1.165) is 32.5 Å². The van der Waals surface area contributed by atoms with E-state index in [1.54, 1.807) is 10.8 Å². The van der Waals surface area contributed by atoms with Gasteiger partial charge in [0.2, 0.25) is 5.88 Å². The van der Waals surface area contributed by atoms with Crippen LogP contribution in [0.3, 0.4) is 0 Å². The second-order valence-electron chi connectivity index (χ2n) is 8.03. The van der Waals surface area contributed by atoms with Gasteiger partial charge in [-0.3, -0.25) is 4.90 Å². The molecule has 0 N–H and O–H groups in total. The number of benzene rings is 2. The molecule has 1 fully saturated rings. The minimum absolute atomic E-state index is 0.0315. The number of piperidine rings is 1. The molecule has 0 aliphatic carbocycles. The highest BCUT2D eigenvalue weighted by atomic mass is 16.5. The number of fused-ring (bicyclic) bond motifs is 1. The Balaban J connectivity index is 1.12. The van der Waals surface area contributed by atoms with Crippen LogP contribution in [0.25, 0.3) is 5.65 Å². The molecule has 0 unspecified atom stereocenters. The third kappa shape index (κ3) is 4.95. The van der Waals surface area contributed by atoms with E-state index in [9.17, 15) is 0 Å².